The minimum Gasteiger partial charge on any atom is -0.497 e. The van der Waals surface area contributed by atoms with Crippen LogP contribution >= 0.6 is 0 Å². The molecule has 0 amide bonds. The van der Waals surface area contributed by atoms with Gasteiger partial charge in [0.25, 0.3) is 5.56 Å². The molecule has 0 fully saturated rings. The van der Waals surface area contributed by atoms with Crippen LogP contribution in [0.15, 0.2) is 58.1 Å². The molecule has 2 aromatic heterocycles. The van der Waals surface area contributed by atoms with Crippen molar-refractivity contribution in [2.75, 3.05) is 14.2 Å². The smallest absolute Gasteiger partial charge is 0.329 e. The first-order valence-corrected chi connectivity index (χ1v) is 8.67. The number of methoxy groups -OCH3 is 2. The highest BCUT2D eigenvalue weighted by Crippen LogP contribution is 2.37. The molecule has 4 rings (SSSR count). The summed E-state index contributed by atoms with van der Waals surface area (Å²) in [6.45, 7) is 0. The second-order valence-corrected chi connectivity index (χ2v) is 6.38. The van der Waals surface area contributed by atoms with Crippen molar-refractivity contribution < 1.29 is 9.47 Å². The zero-order valence-corrected chi connectivity index (χ0v) is 15.7. The van der Waals surface area contributed by atoms with Crippen LogP contribution in [0.1, 0.15) is 0 Å². The van der Waals surface area contributed by atoms with E-state index in [1.165, 1.54) is 4.57 Å². The quantitative estimate of drug-likeness (QED) is 0.572. The molecule has 0 radical (unpaired) electrons. The molecule has 0 spiro atoms. The first-order valence-electron chi connectivity index (χ1n) is 8.67. The third kappa shape index (κ3) is 2.77. The number of aromatic nitrogens is 3. The number of aromatic amines is 2. The summed E-state index contributed by atoms with van der Waals surface area (Å²) in [6.07, 6.45) is 0. The van der Waals surface area contributed by atoms with Crippen molar-refractivity contribution in [1.29, 1.82) is 0 Å². The third-order valence-electron chi connectivity index (χ3n) is 4.80. The highest BCUT2D eigenvalue weighted by atomic mass is 16.5. The number of nitrogens with one attached hydrogen (secondary N) is 2. The predicted molar refractivity (Wildman–Crippen MR) is 108 cm³/mol. The van der Waals surface area contributed by atoms with E-state index in [1.54, 1.807) is 21.3 Å². The Labute approximate surface area is 160 Å². The van der Waals surface area contributed by atoms with Crippen LogP contribution in [-0.4, -0.2) is 28.8 Å². The lowest BCUT2D eigenvalue weighted by molar-refractivity contribution is 0.415. The van der Waals surface area contributed by atoms with Gasteiger partial charge < -0.3 is 14.5 Å². The van der Waals surface area contributed by atoms with Crippen molar-refractivity contribution in [3.63, 3.8) is 0 Å². The van der Waals surface area contributed by atoms with Gasteiger partial charge in [-0.3, -0.25) is 14.3 Å². The van der Waals surface area contributed by atoms with Crippen molar-refractivity contribution in [1.82, 2.24) is 14.5 Å². The van der Waals surface area contributed by atoms with Crippen LogP contribution in [0.4, 0.5) is 0 Å². The Hall–Kier alpha value is -3.74. The van der Waals surface area contributed by atoms with Crippen LogP contribution in [0.25, 0.3) is 33.4 Å². The average Bonchev–Trinajstić information content (AvgIpc) is 3.13. The fourth-order valence-electron chi connectivity index (χ4n) is 3.35. The molecular formula is C21H19N3O4. The minimum atomic E-state index is -0.475. The van der Waals surface area contributed by atoms with E-state index in [-0.39, 0.29) is 0 Å². The van der Waals surface area contributed by atoms with Gasteiger partial charge in [0.1, 0.15) is 17.1 Å². The Bertz CT molecular complexity index is 1280. The molecule has 142 valence electrons. The number of aryl methyl sites for hydroxylation is 1. The van der Waals surface area contributed by atoms with Crippen LogP contribution in [0.5, 0.6) is 11.5 Å². The Morgan fingerprint density at radius 2 is 1.57 bits per heavy atom. The van der Waals surface area contributed by atoms with Crippen molar-refractivity contribution in [2.45, 2.75) is 0 Å². The van der Waals surface area contributed by atoms with Gasteiger partial charge >= 0.3 is 5.69 Å². The van der Waals surface area contributed by atoms with Gasteiger partial charge in [0.05, 0.1) is 25.3 Å². The zero-order chi connectivity index (χ0) is 19.8. The van der Waals surface area contributed by atoms with Crippen molar-refractivity contribution >= 4 is 11.0 Å². The van der Waals surface area contributed by atoms with E-state index in [0.29, 0.717) is 28.1 Å². The van der Waals surface area contributed by atoms with Crippen LogP contribution < -0.4 is 20.7 Å². The molecule has 28 heavy (non-hydrogen) atoms. The summed E-state index contributed by atoms with van der Waals surface area (Å²) in [5.41, 5.74) is 2.65. The lowest BCUT2D eigenvalue weighted by atomic mass is 9.99. The average molecular weight is 377 g/mol. The highest BCUT2D eigenvalue weighted by molar-refractivity contribution is 6.02. The van der Waals surface area contributed by atoms with Gasteiger partial charge in [-0.1, -0.05) is 24.3 Å². The summed E-state index contributed by atoms with van der Waals surface area (Å²) < 4.78 is 12.0. The van der Waals surface area contributed by atoms with Crippen molar-refractivity contribution in [3.05, 3.63) is 69.4 Å². The minimum absolute atomic E-state index is 0.421. The maximum absolute atomic E-state index is 12.7. The van der Waals surface area contributed by atoms with Crippen LogP contribution in [0.3, 0.4) is 0 Å². The first-order chi connectivity index (χ1) is 13.5. The normalized spacial score (nSPS) is 11.0. The van der Waals surface area contributed by atoms with Crippen LogP contribution in [0, 0.1) is 0 Å². The van der Waals surface area contributed by atoms with Crippen molar-refractivity contribution in [2.24, 2.45) is 7.05 Å². The van der Waals surface area contributed by atoms with Gasteiger partial charge in [-0.25, -0.2) is 4.79 Å². The van der Waals surface area contributed by atoms with E-state index in [1.807, 2.05) is 48.5 Å². The Balaban J connectivity index is 2.11. The van der Waals surface area contributed by atoms with E-state index in [4.69, 9.17) is 9.47 Å². The molecule has 0 aliphatic heterocycles. The monoisotopic (exact) mass is 377 g/mol. The molecule has 0 aliphatic carbocycles. The second-order valence-electron chi connectivity index (χ2n) is 6.38. The van der Waals surface area contributed by atoms with E-state index >= 15 is 0 Å². The summed E-state index contributed by atoms with van der Waals surface area (Å²) in [7, 11) is 4.82. The third-order valence-corrected chi connectivity index (χ3v) is 4.80. The predicted octanol–water partition coefficient (Wildman–Crippen LogP) is 2.91. The molecule has 2 N–H and O–H groups in total. The van der Waals surface area contributed by atoms with Crippen LogP contribution in [-0.2, 0) is 7.05 Å². The zero-order valence-electron chi connectivity index (χ0n) is 15.7. The van der Waals surface area contributed by atoms with E-state index in [2.05, 4.69) is 9.97 Å². The summed E-state index contributed by atoms with van der Waals surface area (Å²) in [5.74, 6) is 1.41. The topological polar surface area (TPSA) is 89.1 Å². The molecular weight excluding hydrogens is 358 g/mol. The van der Waals surface area contributed by atoms with Gasteiger partial charge in [-0.05, 0) is 29.8 Å². The maximum atomic E-state index is 12.7. The Morgan fingerprint density at radius 1 is 0.857 bits per heavy atom. The SMILES string of the molecule is COc1ccc(-c2c(-c3cccc(OC)c3)[nH]c3c2c(=O)[nH]c(=O)n3C)cc1. The standard InChI is InChI=1S/C21H19N3O4/c1-24-19-17(20(25)23-21(24)26)16(12-7-9-14(27-2)10-8-12)18(22-19)13-5-4-6-15(11-13)28-3/h4-11,22H,1-3H3,(H,23,25,26). The highest BCUT2D eigenvalue weighted by Gasteiger charge is 2.20. The van der Waals surface area contributed by atoms with Gasteiger partial charge in [0.15, 0.2) is 0 Å². The largest absolute Gasteiger partial charge is 0.497 e. The summed E-state index contributed by atoms with van der Waals surface area (Å²) in [5, 5.41) is 0.421. The first kappa shape index (κ1) is 17.7. The fraction of sp³-hybridized carbons (Fsp3) is 0.143. The second kappa shape index (κ2) is 6.77. The lowest BCUT2D eigenvalue weighted by Gasteiger charge is -2.08. The summed E-state index contributed by atoms with van der Waals surface area (Å²) in [6, 6.07) is 15.0. The molecule has 0 saturated carbocycles. The molecule has 2 heterocycles. The van der Waals surface area contributed by atoms with Gasteiger partial charge in [0, 0.05) is 18.2 Å². The van der Waals surface area contributed by atoms with Gasteiger partial charge in [-0.2, -0.15) is 0 Å². The number of nitrogens with zero attached hydrogens (tertiary/aromatic N) is 1. The van der Waals surface area contributed by atoms with E-state index < -0.39 is 11.2 Å². The Kier molecular flexibility index (Phi) is 4.27. The molecule has 0 atom stereocenters. The molecule has 0 bridgehead atoms. The van der Waals surface area contributed by atoms with Crippen molar-refractivity contribution in [3.8, 4) is 33.9 Å². The number of H-pyrrole nitrogens is 2. The number of benzene rings is 2. The number of hydrogen-bond donors (Lipinski definition) is 2. The Morgan fingerprint density at radius 3 is 2.25 bits per heavy atom. The molecule has 0 unspecified atom stereocenters. The van der Waals surface area contributed by atoms with E-state index in [0.717, 1.165) is 16.8 Å². The lowest BCUT2D eigenvalue weighted by Crippen LogP contribution is -2.28. The maximum Gasteiger partial charge on any atom is 0.329 e. The molecule has 0 aliphatic rings. The van der Waals surface area contributed by atoms with Gasteiger partial charge in [-0.15, -0.1) is 0 Å². The number of ether oxygens (including phenoxy) is 2. The number of rotatable bonds is 4. The molecule has 7 heteroatoms. The number of fused-ring (bicyclic) bond motifs is 1. The molecule has 2 aromatic carbocycles. The van der Waals surface area contributed by atoms with Crippen LogP contribution in [0.2, 0.25) is 0 Å². The summed E-state index contributed by atoms with van der Waals surface area (Å²) >= 11 is 0. The fourth-order valence-corrected chi connectivity index (χ4v) is 3.35. The molecule has 4 aromatic rings. The molecule has 0 saturated heterocycles. The number of hydrogen-bond acceptors (Lipinski definition) is 4. The summed E-state index contributed by atoms with van der Waals surface area (Å²) in [4.78, 5) is 30.4. The van der Waals surface area contributed by atoms with E-state index in [9.17, 15) is 9.59 Å². The molecule has 7 nitrogen and oxygen atoms in total. The van der Waals surface area contributed by atoms with Gasteiger partial charge in [0.2, 0.25) is 0 Å².